The van der Waals surface area contributed by atoms with E-state index in [1.54, 1.807) is 14.2 Å². The minimum atomic E-state index is -0.0591. The summed E-state index contributed by atoms with van der Waals surface area (Å²) in [4.78, 5) is 20.8. The molecule has 1 amide bonds. The zero-order valence-electron chi connectivity index (χ0n) is 18.8. The second-order valence-corrected chi connectivity index (χ2v) is 9.30. The highest BCUT2D eigenvalue weighted by Crippen LogP contribution is 2.35. The second kappa shape index (κ2) is 9.61. The Balaban J connectivity index is 1.58. The van der Waals surface area contributed by atoms with Gasteiger partial charge in [-0.1, -0.05) is 41.2 Å². The summed E-state index contributed by atoms with van der Waals surface area (Å²) in [7, 11) is 3.28. The molecule has 0 bridgehead atoms. The summed E-state index contributed by atoms with van der Waals surface area (Å²) in [5.74, 6) is 2.00. The average Bonchev–Trinajstić information content (AvgIpc) is 3.54. The number of anilines is 1. The first kappa shape index (κ1) is 22.1. The fraction of sp³-hybridized carbons (Fsp3) is 0.360. The van der Waals surface area contributed by atoms with Crippen LogP contribution in [-0.2, 0) is 6.42 Å². The molecule has 6 nitrogen and oxygen atoms in total. The lowest BCUT2D eigenvalue weighted by molar-refractivity contribution is 0.0745. The number of thiazole rings is 1. The van der Waals surface area contributed by atoms with E-state index in [0.717, 1.165) is 39.6 Å². The van der Waals surface area contributed by atoms with Crippen LogP contribution in [0.5, 0.6) is 11.5 Å². The number of nitrogen functional groups attached to an aromatic ring is 1. The van der Waals surface area contributed by atoms with E-state index in [9.17, 15) is 4.79 Å². The van der Waals surface area contributed by atoms with Crippen LogP contribution in [0.1, 0.15) is 34.5 Å². The normalized spacial score (nSPS) is 13.1. The number of aryl methyl sites for hydroxylation is 1. The fourth-order valence-electron chi connectivity index (χ4n) is 3.78. The van der Waals surface area contributed by atoms with Crippen molar-refractivity contribution in [3.05, 3.63) is 59.3 Å². The lowest BCUT2D eigenvalue weighted by Crippen LogP contribution is -2.35. The van der Waals surface area contributed by atoms with Gasteiger partial charge in [-0.2, -0.15) is 0 Å². The summed E-state index contributed by atoms with van der Waals surface area (Å²) >= 11 is 1.37. The van der Waals surface area contributed by atoms with E-state index in [1.165, 1.54) is 24.2 Å². The molecule has 0 spiro atoms. The highest BCUT2D eigenvalue weighted by molar-refractivity contribution is 7.19. The van der Waals surface area contributed by atoms with Crippen molar-refractivity contribution in [1.82, 2.24) is 9.88 Å². The van der Waals surface area contributed by atoms with Gasteiger partial charge in [-0.3, -0.25) is 4.79 Å². The van der Waals surface area contributed by atoms with Gasteiger partial charge in [-0.05, 0) is 55.4 Å². The van der Waals surface area contributed by atoms with Gasteiger partial charge in [0.25, 0.3) is 5.91 Å². The zero-order chi connectivity index (χ0) is 22.7. The second-order valence-electron chi connectivity index (χ2n) is 8.26. The van der Waals surface area contributed by atoms with Crippen LogP contribution >= 0.6 is 11.3 Å². The molecule has 0 radical (unpaired) electrons. The van der Waals surface area contributed by atoms with Gasteiger partial charge >= 0.3 is 0 Å². The topological polar surface area (TPSA) is 77.7 Å². The maximum Gasteiger partial charge on any atom is 0.274 e. The lowest BCUT2D eigenvalue weighted by atomic mass is 10.1. The van der Waals surface area contributed by atoms with Crippen LogP contribution in [0.25, 0.3) is 10.4 Å². The Morgan fingerprint density at radius 1 is 1.16 bits per heavy atom. The third kappa shape index (κ3) is 5.22. The number of ether oxygens (including phenoxy) is 2. The number of hydrogen-bond donors (Lipinski definition) is 1. The summed E-state index contributed by atoms with van der Waals surface area (Å²) < 4.78 is 10.8. The van der Waals surface area contributed by atoms with Gasteiger partial charge in [0, 0.05) is 19.2 Å². The minimum absolute atomic E-state index is 0.0591. The molecule has 1 heterocycles. The Kier molecular flexibility index (Phi) is 6.65. The number of benzene rings is 2. The first-order valence-electron chi connectivity index (χ1n) is 10.8. The first-order valence-corrected chi connectivity index (χ1v) is 11.6. The molecule has 7 heteroatoms. The molecule has 0 aliphatic heterocycles. The number of nitrogens with two attached hydrogens (primary N) is 1. The molecule has 1 aliphatic rings. The molecule has 168 valence electrons. The fourth-order valence-corrected chi connectivity index (χ4v) is 4.60. The number of carbonyl (C=O) groups excluding carboxylic acids is 1. The molecule has 0 saturated heterocycles. The van der Waals surface area contributed by atoms with Crippen molar-refractivity contribution in [2.75, 3.05) is 33.0 Å². The van der Waals surface area contributed by atoms with Crippen molar-refractivity contribution in [2.45, 2.75) is 26.2 Å². The first-order chi connectivity index (χ1) is 15.5. The molecule has 1 saturated carbocycles. The van der Waals surface area contributed by atoms with Crippen LogP contribution in [0.2, 0.25) is 0 Å². The number of amides is 1. The Morgan fingerprint density at radius 3 is 2.50 bits per heavy atom. The van der Waals surface area contributed by atoms with E-state index in [1.807, 2.05) is 48.2 Å². The van der Waals surface area contributed by atoms with E-state index in [-0.39, 0.29) is 5.91 Å². The number of hydrogen-bond acceptors (Lipinski definition) is 6. The minimum Gasteiger partial charge on any atom is -0.497 e. The van der Waals surface area contributed by atoms with Crippen molar-refractivity contribution < 1.29 is 14.3 Å². The Bertz CT molecular complexity index is 1090. The van der Waals surface area contributed by atoms with Gasteiger partial charge in [-0.15, -0.1) is 0 Å². The molecule has 2 N–H and O–H groups in total. The predicted octanol–water partition coefficient (Wildman–Crippen LogP) is 4.81. The van der Waals surface area contributed by atoms with Gasteiger partial charge in [0.15, 0.2) is 5.13 Å². The summed E-state index contributed by atoms with van der Waals surface area (Å²) in [5.41, 5.74) is 9.66. The number of methoxy groups -OCH3 is 2. The molecule has 2 aromatic carbocycles. The van der Waals surface area contributed by atoms with Crippen LogP contribution in [-0.4, -0.2) is 43.1 Å². The molecule has 0 unspecified atom stereocenters. The third-order valence-corrected chi connectivity index (χ3v) is 6.60. The summed E-state index contributed by atoms with van der Waals surface area (Å²) in [6.45, 7) is 3.37. The van der Waals surface area contributed by atoms with Crippen LogP contribution in [0.4, 0.5) is 5.13 Å². The number of rotatable bonds is 9. The summed E-state index contributed by atoms with van der Waals surface area (Å²) in [5, 5.41) is 0.411. The molecule has 1 aliphatic carbocycles. The third-order valence-electron chi connectivity index (χ3n) is 5.67. The van der Waals surface area contributed by atoms with E-state index < -0.39 is 0 Å². The van der Waals surface area contributed by atoms with E-state index >= 15 is 0 Å². The van der Waals surface area contributed by atoms with Gasteiger partial charge < -0.3 is 20.1 Å². The molecule has 1 fully saturated rings. The van der Waals surface area contributed by atoms with E-state index in [0.29, 0.717) is 29.7 Å². The standard InChI is InChI=1S/C25H29N3O3S/c1-16-5-4-6-19(11-16)23-22(27-25(26)32-23)24(29)28(15-17-7-8-17)10-9-18-12-20(30-2)14-21(13-18)31-3/h4-6,11-14,17H,7-10,15H2,1-3H3,(H2,26,27). The molecule has 3 aromatic rings. The Morgan fingerprint density at radius 2 is 1.88 bits per heavy atom. The maximum atomic E-state index is 13.6. The molecular formula is C25H29N3O3S. The largest absolute Gasteiger partial charge is 0.497 e. The van der Waals surface area contributed by atoms with E-state index in [4.69, 9.17) is 15.2 Å². The number of nitrogens with zero attached hydrogens (tertiary/aromatic N) is 2. The van der Waals surface area contributed by atoms with Gasteiger partial charge in [0.1, 0.15) is 17.2 Å². The van der Waals surface area contributed by atoms with Gasteiger partial charge in [0.05, 0.1) is 19.1 Å². The predicted molar refractivity (Wildman–Crippen MR) is 129 cm³/mol. The summed E-state index contributed by atoms with van der Waals surface area (Å²) in [6, 6.07) is 13.9. The van der Waals surface area contributed by atoms with Crippen LogP contribution in [0.3, 0.4) is 0 Å². The highest BCUT2D eigenvalue weighted by Gasteiger charge is 2.30. The van der Waals surface area contributed by atoms with Crippen LogP contribution in [0, 0.1) is 12.8 Å². The Hall–Kier alpha value is -3.06. The van der Waals surface area contributed by atoms with Crippen molar-refractivity contribution >= 4 is 22.4 Å². The monoisotopic (exact) mass is 451 g/mol. The average molecular weight is 452 g/mol. The quantitative estimate of drug-likeness (QED) is 0.505. The molecule has 0 atom stereocenters. The number of aromatic nitrogens is 1. The SMILES string of the molecule is COc1cc(CCN(CC2CC2)C(=O)c2nc(N)sc2-c2cccc(C)c2)cc(OC)c1. The smallest absolute Gasteiger partial charge is 0.274 e. The van der Waals surface area contributed by atoms with Crippen LogP contribution in [0.15, 0.2) is 42.5 Å². The van der Waals surface area contributed by atoms with Crippen molar-refractivity contribution in [3.63, 3.8) is 0 Å². The maximum absolute atomic E-state index is 13.6. The molecule has 4 rings (SSSR count). The Labute approximate surface area is 193 Å². The number of carbonyl (C=O) groups is 1. The molecule has 32 heavy (non-hydrogen) atoms. The lowest BCUT2D eigenvalue weighted by Gasteiger charge is -2.23. The molecule has 1 aromatic heterocycles. The zero-order valence-corrected chi connectivity index (χ0v) is 19.6. The van der Waals surface area contributed by atoms with E-state index in [2.05, 4.69) is 11.1 Å². The summed E-state index contributed by atoms with van der Waals surface area (Å²) in [6.07, 6.45) is 3.03. The van der Waals surface area contributed by atoms with Crippen molar-refractivity contribution in [2.24, 2.45) is 5.92 Å². The highest BCUT2D eigenvalue weighted by atomic mass is 32.1. The molecular weight excluding hydrogens is 422 g/mol. The van der Waals surface area contributed by atoms with Crippen LogP contribution < -0.4 is 15.2 Å². The van der Waals surface area contributed by atoms with Crippen molar-refractivity contribution in [1.29, 1.82) is 0 Å². The van der Waals surface area contributed by atoms with Gasteiger partial charge in [-0.25, -0.2) is 4.98 Å². The van der Waals surface area contributed by atoms with Crippen molar-refractivity contribution in [3.8, 4) is 21.9 Å². The van der Waals surface area contributed by atoms with Gasteiger partial charge in [0.2, 0.25) is 0 Å².